The first kappa shape index (κ1) is 21.5. The Morgan fingerprint density at radius 3 is 2.63 bits per heavy atom. The summed E-state index contributed by atoms with van der Waals surface area (Å²) < 4.78 is 6.90. The Hall–Kier alpha value is -3.18. The van der Waals surface area contributed by atoms with Gasteiger partial charge in [-0.25, -0.2) is 14.6 Å². The van der Waals surface area contributed by atoms with Gasteiger partial charge < -0.3 is 10.5 Å². The van der Waals surface area contributed by atoms with Crippen molar-refractivity contribution in [1.82, 2.24) is 14.1 Å². The zero-order valence-electron chi connectivity index (χ0n) is 16.2. The van der Waals surface area contributed by atoms with Crippen molar-refractivity contribution >= 4 is 40.7 Å². The lowest BCUT2D eigenvalue weighted by Gasteiger charge is -2.11. The minimum absolute atomic E-state index is 0.275. The monoisotopic (exact) mass is 446 g/mol. The van der Waals surface area contributed by atoms with Crippen LogP contribution < -0.4 is 17.0 Å². The largest absolute Gasteiger partial charge is 0.454 e. The molecule has 2 heterocycles. The summed E-state index contributed by atoms with van der Waals surface area (Å²) in [4.78, 5) is 54.1. The summed E-state index contributed by atoms with van der Waals surface area (Å²) in [6.45, 7) is -0.679. The predicted octanol–water partition coefficient (Wildman–Crippen LogP) is 1.45. The van der Waals surface area contributed by atoms with E-state index in [1.165, 1.54) is 37.2 Å². The minimum atomic E-state index is -0.837. The number of hydrogen-bond acceptors (Lipinski definition) is 9. The lowest BCUT2D eigenvalue weighted by molar-refractivity contribution is 0.0470. The molecule has 2 aromatic heterocycles. The molecule has 0 atom stereocenters. The maximum Gasteiger partial charge on any atom is 0.339 e. The highest BCUT2D eigenvalue weighted by atomic mass is 32.2. The molecule has 9 nitrogen and oxygen atoms in total. The highest BCUT2D eigenvalue weighted by molar-refractivity contribution is 7.98. The Bertz CT molecular complexity index is 1210. The predicted molar refractivity (Wildman–Crippen MR) is 114 cm³/mol. The Morgan fingerprint density at radius 2 is 1.93 bits per heavy atom. The van der Waals surface area contributed by atoms with E-state index in [2.05, 4.69) is 4.98 Å². The van der Waals surface area contributed by atoms with Crippen LogP contribution >= 0.6 is 23.1 Å². The molecule has 0 saturated carbocycles. The number of anilines is 1. The van der Waals surface area contributed by atoms with E-state index < -0.39 is 35.2 Å². The zero-order valence-corrected chi connectivity index (χ0v) is 17.8. The molecule has 30 heavy (non-hydrogen) atoms. The highest BCUT2D eigenvalue weighted by Crippen LogP contribution is 2.26. The van der Waals surface area contributed by atoms with Gasteiger partial charge in [-0.15, -0.1) is 23.1 Å². The average Bonchev–Trinajstić information content (AvgIpc) is 3.27. The van der Waals surface area contributed by atoms with Crippen molar-refractivity contribution in [3.8, 4) is 0 Å². The number of benzene rings is 1. The van der Waals surface area contributed by atoms with E-state index in [-0.39, 0.29) is 5.82 Å². The SMILES string of the molecule is Cn1c(N)c(C(=O)COC(=O)c2ccccc2SCc2cscn2)c(=O)n(C)c1=O. The molecule has 11 heteroatoms. The van der Waals surface area contributed by atoms with E-state index in [9.17, 15) is 19.2 Å². The van der Waals surface area contributed by atoms with Gasteiger partial charge in [-0.3, -0.25) is 18.7 Å². The normalized spacial score (nSPS) is 10.7. The number of aromatic nitrogens is 3. The molecule has 0 fully saturated rings. The number of thiazole rings is 1. The fraction of sp³-hybridized carbons (Fsp3) is 0.211. The van der Waals surface area contributed by atoms with Crippen molar-refractivity contribution in [2.75, 3.05) is 12.3 Å². The summed E-state index contributed by atoms with van der Waals surface area (Å²) in [7, 11) is 2.58. The number of nitrogens with two attached hydrogens (primary N) is 1. The second-order valence-corrected chi connectivity index (χ2v) is 7.97. The van der Waals surface area contributed by atoms with E-state index in [1.807, 2.05) is 5.38 Å². The van der Waals surface area contributed by atoms with Crippen molar-refractivity contribution in [2.24, 2.45) is 14.1 Å². The number of nitrogens with zero attached hydrogens (tertiary/aromatic N) is 3. The van der Waals surface area contributed by atoms with Crippen LogP contribution in [0.3, 0.4) is 0 Å². The van der Waals surface area contributed by atoms with Crippen LogP contribution in [0.25, 0.3) is 0 Å². The number of Topliss-reactive ketones (excluding diaryl/α,β-unsaturated/α-hetero) is 1. The third-order valence-electron chi connectivity index (χ3n) is 4.29. The fourth-order valence-corrected chi connectivity index (χ4v) is 4.23. The summed E-state index contributed by atoms with van der Waals surface area (Å²) >= 11 is 2.91. The molecule has 0 aliphatic heterocycles. The van der Waals surface area contributed by atoms with Crippen LogP contribution in [0.2, 0.25) is 0 Å². The highest BCUT2D eigenvalue weighted by Gasteiger charge is 2.22. The standard InChI is InChI=1S/C19H18N4O5S2/c1-22-16(20)15(17(25)23(2)19(22)27)13(24)7-28-18(26)12-5-3-4-6-14(12)30-9-11-8-29-10-21-11/h3-6,8,10H,7,9,20H2,1-2H3. The third-order valence-corrected chi connectivity index (χ3v) is 6.03. The summed E-state index contributed by atoms with van der Waals surface area (Å²) in [5.41, 5.74) is 6.80. The number of nitrogen functional groups attached to an aromatic ring is 1. The van der Waals surface area contributed by atoms with Gasteiger partial charge in [0, 0.05) is 30.1 Å². The smallest absolute Gasteiger partial charge is 0.339 e. The number of ether oxygens (including phenoxy) is 1. The van der Waals surface area contributed by atoms with Gasteiger partial charge in [0.2, 0.25) is 5.78 Å². The second-order valence-electron chi connectivity index (χ2n) is 6.23. The summed E-state index contributed by atoms with van der Waals surface area (Å²) in [6, 6.07) is 6.85. The first-order valence-corrected chi connectivity index (χ1v) is 10.6. The molecule has 3 aromatic rings. The molecule has 0 bridgehead atoms. The van der Waals surface area contributed by atoms with Crippen LogP contribution in [0, 0.1) is 0 Å². The lowest BCUT2D eigenvalue weighted by atomic mass is 10.2. The van der Waals surface area contributed by atoms with Gasteiger partial charge in [0.15, 0.2) is 6.61 Å². The van der Waals surface area contributed by atoms with Crippen LogP contribution in [-0.2, 0) is 24.6 Å². The van der Waals surface area contributed by atoms with Crippen LogP contribution in [0.4, 0.5) is 5.82 Å². The van der Waals surface area contributed by atoms with Gasteiger partial charge in [0.05, 0.1) is 16.8 Å². The number of carbonyl (C=O) groups is 2. The van der Waals surface area contributed by atoms with E-state index in [1.54, 1.807) is 29.8 Å². The molecule has 1 aromatic carbocycles. The molecule has 0 aliphatic rings. The molecule has 0 radical (unpaired) electrons. The molecule has 156 valence electrons. The van der Waals surface area contributed by atoms with E-state index in [0.717, 1.165) is 14.8 Å². The van der Waals surface area contributed by atoms with Gasteiger partial charge in [0.25, 0.3) is 5.56 Å². The Kier molecular flexibility index (Phi) is 6.53. The van der Waals surface area contributed by atoms with Gasteiger partial charge in [-0.1, -0.05) is 12.1 Å². The van der Waals surface area contributed by atoms with Crippen molar-refractivity contribution in [3.63, 3.8) is 0 Å². The molecule has 2 N–H and O–H groups in total. The molecule has 3 rings (SSSR count). The van der Waals surface area contributed by atoms with E-state index in [4.69, 9.17) is 10.5 Å². The summed E-state index contributed by atoms with van der Waals surface area (Å²) in [6.07, 6.45) is 0. The number of ketones is 1. The van der Waals surface area contributed by atoms with Gasteiger partial charge in [0.1, 0.15) is 11.4 Å². The number of thioether (sulfide) groups is 1. The first-order chi connectivity index (χ1) is 14.3. The summed E-state index contributed by atoms with van der Waals surface area (Å²) in [5.74, 6) is -1.19. The van der Waals surface area contributed by atoms with Crippen molar-refractivity contribution in [1.29, 1.82) is 0 Å². The maximum atomic E-state index is 12.5. The molecule has 0 amide bonds. The van der Waals surface area contributed by atoms with Crippen LogP contribution in [0.1, 0.15) is 26.4 Å². The average molecular weight is 447 g/mol. The third kappa shape index (κ3) is 4.36. The Morgan fingerprint density at radius 1 is 1.20 bits per heavy atom. The van der Waals surface area contributed by atoms with E-state index in [0.29, 0.717) is 16.2 Å². The van der Waals surface area contributed by atoms with Crippen LogP contribution in [0.5, 0.6) is 0 Å². The molecule has 0 saturated heterocycles. The number of esters is 1. The van der Waals surface area contributed by atoms with E-state index >= 15 is 0 Å². The molecule has 0 unspecified atom stereocenters. The molecule has 0 aliphatic carbocycles. The van der Waals surface area contributed by atoms with Gasteiger partial charge in [-0.2, -0.15) is 0 Å². The molecular formula is C19H18N4O5S2. The molecular weight excluding hydrogens is 428 g/mol. The first-order valence-electron chi connectivity index (χ1n) is 8.66. The fourth-order valence-electron chi connectivity index (χ4n) is 2.62. The number of carbonyl (C=O) groups excluding carboxylic acids is 2. The molecule has 0 spiro atoms. The van der Waals surface area contributed by atoms with Crippen molar-refractivity contribution in [2.45, 2.75) is 10.6 Å². The lowest BCUT2D eigenvalue weighted by Crippen LogP contribution is -2.42. The summed E-state index contributed by atoms with van der Waals surface area (Å²) in [5, 5.41) is 1.92. The van der Waals surface area contributed by atoms with Gasteiger partial charge in [-0.05, 0) is 12.1 Å². The van der Waals surface area contributed by atoms with Crippen LogP contribution in [-0.4, -0.2) is 32.5 Å². The van der Waals surface area contributed by atoms with Gasteiger partial charge >= 0.3 is 11.7 Å². The quantitative estimate of drug-likeness (QED) is 0.328. The Labute approximate surface area is 179 Å². The Balaban J connectivity index is 1.75. The number of hydrogen-bond donors (Lipinski definition) is 1. The van der Waals surface area contributed by atoms with Crippen molar-refractivity contribution in [3.05, 3.63) is 72.8 Å². The van der Waals surface area contributed by atoms with Crippen LogP contribution in [0.15, 0.2) is 49.6 Å². The topological polar surface area (TPSA) is 126 Å². The maximum absolute atomic E-state index is 12.5. The number of rotatable bonds is 7. The zero-order chi connectivity index (χ0) is 21.8. The van der Waals surface area contributed by atoms with Crippen molar-refractivity contribution < 1.29 is 14.3 Å². The minimum Gasteiger partial charge on any atom is -0.454 e. The second kappa shape index (κ2) is 9.09.